The maximum atomic E-state index is 12.3. The summed E-state index contributed by atoms with van der Waals surface area (Å²) >= 11 is -1.29. The van der Waals surface area contributed by atoms with Crippen molar-refractivity contribution in [2.24, 2.45) is 4.40 Å². The van der Waals surface area contributed by atoms with Gasteiger partial charge in [0.05, 0.1) is 12.8 Å². The van der Waals surface area contributed by atoms with Gasteiger partial charge in [-0.15, -0.1) is 0 Å². The van der Waals surface area contributed by atoms with E-state index < -0.39 is 28.0 Å². The minimum absolute atomic E-state index is 0.0965. The Hall–Kier alpha value is 0.334. The SMILES string of the molecule is CC(C)(C)[S+]([O-])/N=C\[C@@H](CO[Si](C)(C)C(C)(C)C)O[Si](C)(C)C(C)(C)C. The summed E-state index contributed by atoms with van der Waals surface area (Å²) in [5.41, 5.74) is 0. The van der Waals surface area contributed by atoms with Gasteiger partial charge in [-0.3, -0.25) is 0 Å². The Morgan fingerprint density at radius 2 is 1.31 bits per heavy atom. The standard InChI is InChI=1S/C19H43NO3SSi2/c1-17(2,3)24(21)20-14-16(23-26(12,13)19(7,8)9)15-22-25(10,11)18(4,5)6/h14,16H,15H2,1-13H3/b20-14-/t16-,24?/m0/s1. The van der Waals surface area contributed by atoms with Gasteiger partial charge in [0.25, 0.3) is 0 Å². The predicted octanol–water partition coefficient (Wildman–Crippen LogP) is 5.93. The van der Waals surface area contributed by atoms with E-state index >= 15 is 0 Å². The van der Waals surface area contributed by atoms with E-state index in [-0.39, 0.29) is 20.9 Å². The van der Waals surface area contributed by atoms with Crippen molar-refractivity contribution in [1.29, 1.82) is 0 Å². The van der Waals surface area contributed by atoms with Crippen LogP contribution in [0.3, 0.4) is 0 Å². The highest BCUT2D eigenvalue weighted by Gasteiger charge is 2.41. The number of hydrogen-bond acceptors (Lipinski definition) is 4. The zero-order valence-electron chi connectivity index (χ0n) is 19.4. The van der Waals surface area contributed by atoms with Crippen molar-refractivity contribution < 1.29 is 13.4 Å². The molecule has 0 aliphatic rings. The van der Waals surface area contributed by atoms with Crippen LogP contribution in [0, 0.1) is 0 Å². The Bertz CT molecular complexity index is 475. The molecule has 0 N–H and O–H groups in total. The van der Waals surface area contributed by atoms with Gasteiger partial charge in [0.1, 0.15) is 22.2 Å². The lowest BCUT2D eigenvalue weighted by atomic mass is 10.2. The first-order valence-corrected chi connectivity index (χ1v) is 16.4. The highest BCUT2D eigenvalue weighted by molar-refractivity contribution is 7.91. The summed E-state index contributed by atoms with van der Waals surface area (Å²) in [7, 11) is -3.87. The van der Waals surface area contributed by atoms with Gasteiger partial charge in [0.15, 0.2) is 16.6 Å². The summed E-state index contributed by atoms with van der Waals surface area (Å²) in [5.74, 6) is 0. The summed E-state index contributed by atoms with van der Waals surface area (Å²) in [5, 5.41) is 0.235. The van der Waals surface area contributed by atoms with Crippen molar-refractivity contribution in [3.63, 3.8) is 0 Å². The molecule has 0 aliphatic carbocycles. The Morgan fingerprint density at radius 3 is 1.65 bits per heavy atom. The third-order valence-electron chi connectivity index (χ3n) is 5.51. The molecule has 156 valence electrons. The molecular weight excluding hydrogens is 378 g/mol. The van der Waals surface area contributed by atoms with E-state index in [4.69, 9.17) is 8.85 Å². The molecule has 0 aromatic rings. The summed E-state index contributed by atoms with van der Waals surface area (Å²) in [6.07, 6.45) is 1.45. The number of nitrogens with zero attached hydrogens (tertiary/aromatic N) is 1. The fourth-order valence-electron chi connectivity index (χ4n) is 1.45. The van der Waals surface area contributed by atoms with E-state index in [0.717, 1.165) is 0 Å². The van der Waals surface area contributed by atoms with Gasteiger partial charge in [-0.05, 0) is 57.0 Å². The number of hydrogen-bond donors (Lipinski definition) is 0. The maximum Gasteiger partial charge on any atom is 0.193 e. The van der Waals surface area contributed by atoms with E-state index in [1.54, 1.807) is 6.21 Å². The molecule has 0 heterocycles. The summed E-state index contributed by atoms with van der Waals surface area (Å²) in [6.45, 7) is 28.5. The fourth-order valence-corrected chi connectivity index (χ4v) is 4.27. The molecule has 0 saturated carbocycles. The van der Waals surface area contributed by atoms with Crippen LogP contribution in [0.5, 0.6) is 0 Å². The molecule has 2 atom stereocenters. The van der Waals surface area contributed by atoms with E-state index in [1.807, 2.05) is 20.8 Å². The summed E-state index contributed by atoms with van der Waals surface area (Å²) in [4.78, 5) is 0. The van der Waals surface area contributed by atoms with Crippen molar-refractivity contribution in [3.8, 4) is 0 Å². The molecule has 0 radical (unpaired) electrons. The average molecular weight is 422 g/mol. The maximum absolute atomic E-state index is 12.3. The molecule has 26 heavy (non-hydrogen) atoms. The second kappa shape index (κ2) is 8.78. The molecule has 0 saturated heterocycles. The van der Waals surface area contributed by atoms with Crippen LogP contribution in [0.25, 0.3) is 0 Å². The highest BCUT2D eigenvalue weighted by Crippen LogP contribution is 2.39. The zero-order chi connectivity index (χ0) is 21.2. The molecule has 0 spiro atoms. The Labute approximate surface area is 168 Å². The van der Waals surface area contributed by atoms with E-state index in [2.05, 4.69) is 72.1 Å². The summed E-state index contributed by atoms with van der Waals surface area (Å²) < 4.78 is 29.2. The van der Waals surface area contributed by atoms with Crippen LogP contribution in [0.15, 0.2) is 4.40 Å². The predicted molar refractivity (Wildman–Crippen MR) is 122 cm³/mol. The normalized spacial score (nSPS) is 17.6. The van der Waals surface area contributed by atoms with Crippen LogP contribution in [0.2, 0.25) is 36.3 Å². The third-order valence-corrected chi connectivity index (χ3v) is 15.9. The van der Waals surface area contributed by atoms with Crippen LogP contribution in [-0.4, -0.2) is 44.9 Å². The average Bonchev–Trinajstić information content (AvgIpc) is 2.37. The van der Waals surface area contributed by atoms with Gasteiger partial charge < -0.3 is 13.4 Å². The Balaban J connectivity index is 5.40. The molecule has 0 fully saturated rings. The minimum Gasteiger partial charge on any atom is -0.591 e. The largest absolute Gasteiger partial charge is 0.591 e. The van der Waals surface area contributed by atoms with Gasteiger partial charge in [-0.25, -0.2) is 0 Å². The van der Waals surface area contributed by atoms with Crippen molar-refractivity contribution in [2.75, 3.05) is 6.61 Å². The molecule has 0 aromatic carbocycles. The summed E-state index contributed by atoms with van der Waals surface area (Å²) in [6, 6.07) is 0. The van der Waals surface area contributed by atoms with Crippen molar-refractivity contribution in [3.05, 3.63) is 0 Å². The van der Waals surface area contributed by atoms with Gasteiger partial charge >= 0.3 is 0 Å². The monoisotopic (exact) mass is 421 g/mol. The van der Waals surface area contributed by atoms with E-state index in [0.29, 0.717) is 6.61 Å². The lowest BCUT2D eigenvalue weighted by molar-refractivity contribution is 0.157. The van der Waals surface area contributed by atoms with Crippen LogP contribution >= 0.6 is 0 Å². The van der Waals surface area contributed by atoms with Crippen LogP contribution in [-0.2, 0) is 20.2 Å². The third kappa shape index (κ3) is 8.14. The Kier molecular flexibility index (Phi) is 8.89. The Morgan fingerprint density at radius 1 is 0.885 bits per heavy atom. The minimum atomic E-state index is -1.98. The first-order chi connectivity index (χ1) is 11.2. The van der Waals surface area contributed by atoms with Crippen LogP contribution < -0.4 is 0 Å². The second-order valence-corrected chi connectivity index (χ2v) is 22.6. The second-order valence-electron chi connectivity index (χ2n) is 11.1. The van der Waals surface area contributed by atoms with Crippen LogP contribution in [0.4, 0.5) is 0 Å². The van der Waals surface area contributed by atoms with Crippen molar-refractivity contribution >= 4 is 34.2 Å². The van der Waals surface area contributed by atoms with E-state index in [9.17, 15) is 4.55 Å². The first kappa shape index (κ1) is 26.3. The molecule has 0 amide bonds. The molecule has 0 bridgehead atoms. The lowest BCUT2D eigenvalue weighted by Crippen LogP contribution is -2.48. The zero-order valence-corrected chi connectivity index (χ0v) is 22.3. The first-order valence-electron chi connectivity index (χ1n) is 9.49. The van der Waals surface area contributed by atoms with Crippen molar-refractivity contribution in [2.45, 2.75) is 109 Å². The molecule has 7 heteroatoms. The smallest absolute Gasteiger partial charge is 0.193 e. The van der Waals surface area contributed by atoms with Crippen LogP contribution in [0.1, 0.15) is 62.3 Å². The topological polar surface area (TPSA) is 53.9 Å². The van der Waals surface area contributed by atoms with Gasteiger partial charge in [0, 0.05) is 0 Å². The van der Waals surface area contributed by atoms with Crippen molar-refractivity contribution in [1.82, 2.24) is 0 Å². The van der Waals surface area contributed by atoms with Gasteiger partial charge in [-0.1, -0.05) is 45.9 Å². The molecular formula is C19H43NO3SSi2. The lowest BCUT2D eigenvalue weighted by Gasteiger charge is -2.40. The quantitative estimate of drug-likeness (QED) is 0.291. The van der Waals surface area contributed by atoms with Gasteiger partial charge in [-0.2, -0.15) is 0 Å². The molecule has 0 aliphatic heterocycles. The molecule has 1 unspecified atom stereocenters. The molecule has 4 nitrogen and oxygen atoms in total. The molecule has 0 rings (SSSR count). The number of rotatable bonds is 7. The highest BCUT2D eigenvalue weighted by atomic mass is 32.2. The molecule has 0 aromatic heterocycles. The van der Waals surface area contributed by atoms with E-state index in [1.165, 1.54) is 0 Å². The van der Waals surface area contributed by atoms with Gasteiger partial charge in [0.2, 0.25) is 0 Å². The fraction of sp³-hybridized carbons (Fsp3) is 0.947.